The van der Waals surface area contributed by atoms with Gasteiger partial charge < -0.3 is 10.1 Å². The fraction of sp³-hybridized carbons (Fsp3) is 1.00. The van der Waals surface area contributed by atoms with E-state index in [-0.39, 0.29) is 0 Å². The molecule has 2 nitrogen and oxygen atoms in total. The molecule has 2 aliphatic rings. The van der Waals surface area contributed by atoms with Crippen LogP contribution in [0.25, 0.3) is 0 Å². The van der Waals surface area contributed by atoms with Crippen molar-refractivity contribution in [2.24, 2.45) is 0 Å². The lowest BCUT2D eigenvalue weighted by atomic mass is 9.83. The third kappa shape index (κ3) is 2.05. The predicted molar refractivity (Wildman–Crippen MR) is 53.8 cm³/mol. The average Bonchev–Trinajstić information content (AvgIpc) is 2.13. The fourth-order valence-electron chi connectivity index (χ4n) is 2.35. The molecule has 2 rings (SSSR count). The van der Waals surface area contributed by atoms with Gasteiger partial charge >= 0.3 is 0 Å². The molecule has 0 bridgehead atoms. The van der Waals surface area contributed by atoms with Crippen molar-refractivity contribution < 1.29 is 4.74 Å². The van der Waals surface area contributed by atoms with E-state index < -0.39 is 0 Å². The lowest BCUT2D eigenvalue weighted by Crippen LogP contribution is -2.55. The Kier molecular flexibility index (Phi) is 2.89. The molecule has 0 unspecified atom stereocenters. The Labute approximate surface area is 81.0 Å². The van der Waals surface area contributed by atoms with E-state index in [9.17, 15) is 0 Å². The molecule has 0 aromatic carbocycles. The molecule has 1 saturated heterocycles. The van der Waals surface area contributed by atoms with Crippen LogP contribution in [0.1, 0.15) is 45.4 Å². The summed E-state index contributed by atoms with van der Waals surface area (Å²) in [4.78, 5) is 0. The molecule has 1 aliphatic heterocycles. The van der Waals surface area contributed by atoms with E-state index in [0.29, 0.717) is 5.54 Å². The number of hydrogen-bond donors (Lipinski definition) is 1. The SMILES string of the molecule is CCC1(NC2CCC2)CCOCC1. The highest BCUT2D eigenvalue weighted by Crippen LogP contribution is 2.29. The zero-order chi connectivity index (χ0) is 9.15. The van der Waals surface area contributed by atoms with Gasteiger partial charge in [-0.3, -0.25) is 0 Å². The smallest absolute Gasteiger partial charge is 0.0483 e. The summed E-state index contributed by atoms with van der Waals surface area (Å²) in [6, 6.07) is 0.818. The van der Waals surface area contributed by atoms with Crippen molar-refractivity contribution in [1.29, 1.82) is 0 Å². The van der Waals surface area contributed by atoms with Gasteiger partial charge in [-0.15, -0.1) is 0 Å². The molecule has 2 heteroatoms. The first kappa shape index (κ1) is 9.47. The van der Waals surface area contributed by atoms with Gasteiger partial charge in [-0.2, -0.15) is 0 Å². The van der Waals surface area contributed by atoms with E-state index in [1.54, 1.807) is 0 Å². The van der Waals surface area contributed by atoms with Gasteiger partial charge in [-0.05, 0) is 32.1 Å². The third-order valence-electron chi connectivity index (χ3n) is 3.74. The lowest BCUT2D eigenvalue weighted by Gasteiger charge is -2.43. The van der Waals surface area contributed by atoms with Crippen molar-refractivity contribution in [3.8, 4) is 0 Å². The average molecular weight is 183 g/mol. The molecule has 2 fully saturated rings. The minimum Gasteiger partial charge on any atom is -0.381 e. The molecule has 0 spiro atoms. The molecule has 1 saturated carbocycles. The highest BCUT2D eigenvalue weighted by atomic mass is 16.5. The number of ether oxygens (including phenoxy) is 1. The van der Waals surface area contributed by atoms with Gasteiger partial charge in [0.25, 0.3) is 0 Å². The highest BCUT2D eigenvalue weighted by Gasteiger charge is 2.34. The summed E-state index contributed by atoms with van der Waals surface area (Å²) in [7, 11) is 0. The molecule has 76 valence electrons. The van der Waals surface area contributed by atoms with Gasteiger partial charge in [-0.1, -0.05) is 13.3 Å². The lowest BCUT2D eigenvalue weighted by molar-refractivity contribution is 0.0261. The second-order valence-corrected chi connectivity index (χ2v) is 4.52. The topological polar surface area (TPSA) is 21.3 Å². The van der Waals surface area contributed by atoms with Crippen molar-refractivity contribution in [3.63, 3.8) is 0 Å². The minimum atomic E-state index is 0.420. The summed E-state index contributed by atoms with van der Waals surface area (Å²) in [6.07, 6.45) is 7.88. The molecular weight excluding hydrogens is 162 g/mol. The van der Waals surface area contributed by atoms with Gasteiger partial charge in [0.05, 0.1) is 0 Å². The Hall–Kier alpha value is -0.0800. The van der Waals surface area contributed by atoms with E-state index in [1.807, 2.05) is 0 Å². The van der Waals surface area contributed by atoms with Gasteiger partial charge in [0.15, 0.2) is 0 Å². The predicted octanol–water partition coefficient (Wildman–Crippen LogP) is 2.09. The van der Waals surface area contributed by atoms with Crippen LogP contribution in [0.5, 0.6) is 0 Å². The fourth-order valence-corrected chi connectivity index (χ4v) is 2.35. The van der Waals surface area contributed by atoms with Crippen LogP contribution in [0.4, 0.5) is 0 Å². The van der Waals surface area contributed by atoms with Gasteiger partial charge in [0, 0.05) is 24.8 Å². The molecular formula is C11H21NO. The van der Waals surface area contributed by atoms with Crippen molar-refractivity contribution >= 4 is 0 Å². The summed E-state index contributed by atoms with van der Waals surface area (Å²) in [5, 5.41) is 3.84. The summed E-state index contributed by atoms with van der Waals surface area (Å²) < 4.78 is 5.42. The first-order chi connectivity index (χ1) is 6.35. The Bertz CT molecular complexity index is 159. The molecule has 13 heavy (non-hydrogen) atoms. The molecule has 0 aromatic heterocycles. The van der Waals surface area contributed by atoms with Crippen LogP contribution in [-0.4, -0.2) is 24.8 Å². The van der Waals surface area contributed by atoms with Crippen LogP contribution >= 0.6 is 0 Å². The van der Waals surface area contributed by atoms with Crippen molar-refractivity contribution in [2.75, 3.05) is 13.2 Å². The van der Waals surface area contributed by atoms with Crippen LogP contribution in [0.3, 0.4) is 0 Å². The first-order valence-electron chi connectivity index (χ1n) is 5.70. The van der Waals surface area contributed by atoms with Crippen molar-refractivity contribution in [1.82, 2.24) is 5.32 Å². The number of hydrogen-bond acceptors (Lipinski definition) is 2. The van der Waals surface area contributed by atoms with E-state index in [0.717, 1.165) is 19.3 Å². The molecule has 1 heterocycles. The number of rotatable bonds is 3. The maximum Gasteiger partial charge on any atom is 0.0483 e. The molecule has 1 N–H and O–H groups in total. The summed E-state index contributed by atoms with van der Waals surface area (Å²) in [5.41, 5.74) is 0.420. The third-order valence-corrected chi connectivity index (χ3v) is 3.74. The highest BCUT2D eigenvalue weighted by molar-refractivity contribution is 4.93. The normalized spacial score (nSPS) is 28.4. The van der Waals surface area contributed by atoms with E-state index >= 15 is 0 Å². The second-order valence-electron chi connectivity index (χ2n) is 4.52. The molecule has 0 amide bonds. The van der Waals surface area contributed by atoms with Gasteiger partial charge in [-0.25, -0.2) is 0 Å². The molecule has 0 radical (unpaired) electrons. The van der Waals surface area contributed by atoms with Crippen LogP contribution in [-0.2, 0) is 4.74 Å². The molecule has 0 aromatic rings. The Balaban J connectivity index is 1.88. The second kappa shape index (κ2) is 3.97. The summed E-state index contributed by atoms with van der Waals surface area (Å²) in [6.45, 7) is 4.21. The minimum absolute atomic E-state index is 0.420. The zero-order valence-corrected chi connectivity index (χ0v) is 8.64. The van der Waals surface area contributed by atoms with Crippen LogP contribution in [0, 0.1) is 0 Å². The van der Waals surface area contributed by atoms with Crippen LogP contribution < -0.4 is 5.32 Å². The van der Waals surface area contributed by atoms with Gasteiger partial charge in [0.2, 0.25) is 0 Å². The van der Waals surface area contributed by atoms with Crippen LogP contribution in [0.2, 0.25) is 0 Å². The number of nitrogens with one attached hydrogen (secondary N) is 1. The van der Waals surface area contributed by atoms with Crippen LogP contribution in [0.15, 0.2) is 0 Å². The standard InChI is InChI=1S/C11H21NO/c1-2-11(6-8-13-9-7-11)12-10-4-3-5-10/h10,12H,2-9H2,1H3. The van der Waals surface area contributed by atoms with Gasteiger partial charge in [0.1, 0.15) is 0 Å². The van der Waals surface area contributed by atoms with E-state index in [1.165, 1.54) is 38.5 Å². The molecule has 1 aliphatic carbocycles. The monoisotopic (exact) mass is 183 g/mol. The van der Waals surface area contributed by atoms with E-state index in [2.05, 4.69) is 12.2 Å². The summed E-state index contributed by atoms with van der Waals surface area (Å²) in [5.74, 6) is 0. The largest absolute Gasteiger partial charge is 0.381 e. The quantitative estimate of drug-likeness (QED) is 0.723. The Morgan fingerprint density at radius 1 is 1.31 bits per heavy atom. The van der Waals surface area contributed by atoms with E-state index in [4.69, 9.17) is 4.74 Å². The maximum absolute atomic E-state index is 5.42. The molecule has 0 atom stereocenters. The Morgan fingerprint density at radius 2 is 2.00 bits per heavy atom. The van der Waals surface area contributed by atoms with Crippen molar-refractivity contribution in [2.45, 2.75) is 57.0 Å². The summed E-state index contributed by atoms with van der Waals surface area (Å²) >= 11 is 0. The Morgan fingerprint density at radius 3 is 2.46 bits per heavy atom. The van der Waals surface area contributed by atoms with Crippen molar-refractivity contribution in [3.05, 3.63) is 0 Å². The first-order valence-corrected chi connectivity index (χ1v) is 5.70. The maximum atomic E-state index is 5.42. The zero-order valence-electron chi connectivity index (χ0n) is 8.64.